The van der Waals surface area contributed by atoms with Gasteiger partial charge < -0.3 is 19.3 Å². The Kier molecular flexibility index (Phi) is 9.91. The standard InChI is InChI=1S/C37H41N3O6S/c1-38(2)37(42)29-13-8-12-27(22-29)28-17-19-34(46-6)35(23-28)47(43,44)40(4)30-18-16-26-11-9-15-33(32(26)24-30)39(3)36(41)21-25-10-7-14-31(20-25)45-5/h7-8,10,12-14,16-20,22-24,33H,9,11,15,21H2,1-6H3. The molecule has 9 nitrogen and oxygen atoms in total. The third kappa shape index (κ3) is 6.97. The monoisotopic (exact) mass is 655 g/mol. The van der Waals surface area contributed by atoms with E-state index in [0.717, 1.165) is 36.0 Å². The third-order valence-electron chi connectivity index (χ3n) is 8.78. The van der Waals surface area contributed by atoms with Gasteiger partial charge in [-0.05, 0) is 95.6 Å². The first-order chi connectivity index (χ1) is 22.4. The number of amides is 2. The lowest BCUT2D eigenvalue weighted by Gasteiger charge is -2.34. The summed E-state index contributed by atoms with van der Waals surface area (Å²) in [6.45, 7) is 0. The lowest BCUT2D eigenvalue weighted by molar-refractivity contribution is -0.131. The van der Waals surface area contributed by atoms with E-state index in [-0.39, 0.29) is 34.9 Å². The molecule has 1 aliphatic carbocycles. The van der Waals surface area contributed by atoms with Crippen molar-refractivity contribution in [3.63, 3.8) is 0 Å². The van der Waals surface area contributed by atoms with Gasteiger partial charge in [0.25, 0.3) is 15.9 Å². The van der Waals surface area contributed by atoms with Crippen LogP contribution in [-0.2, 0) is 27.7 Å². The summed E-state index contributed by atoms with van der Waals surface area (Å²) >= 11 is 0. The van der Waals surface area contributed by atoms with E-state index in [4.69, 9.17) is 9.47 Å². The van der Waals surface area contributed by atoms with Gasteiger partial charge in [0.1, 0.15) is 16.4 Å². The molecule has 0 aromatic heterocycles. The number of methoxy groups -OCH3 is 2. The number of carbonyl (C=O) groups is 2. The van der Waals surface area contributed by atoms with Gasteiger partial charge in [0, 0.05) is 33.8 Å². The number of ether oxygens (including phenoxy) is 2. The summed E-state index contributed by atoms with van der Waals surface area (Å²) in [4.78, 5) is 29.3. The van der Waals surface area contributed by atoms with Crippen LogP contribution in [0, 0.1) is 0 Å². The SMILES string of the molecule is COc1cccc(CC(=O)N(C)C2CCCc3ccc(N(C)S(=O)(=O)c4cc(-c5cccc(C(=O)N(C)C)c5)ccc4OC)cc32)c1. The molecule has 246 valence electrons. The number of rotatable bonds is 10. The van der Waals surface area contributed by atoms with Gasteiger partial charge in [-0.2, -0.15) is 0 Å². The Labute approximate surface area is 277 Å². The predicted molar refractivity (Wildman–Crippen MR) is 184 cm³/mol. The number of benzene rings is 4. The molecule has 5 rings (SSSR count). The fourth-order valence-electron chi connectivity index (χ4n) is 6.05. The van der Waals surface area contributed by atoms with E-state index in [0.29, 0.717) is 28.1 Å². The summed E-state index contributed by atoms with van der Waals surface area (Å²) in [7, 11) is 5.65. The molecule has 0 fully saturated rings. The van der Waals surface area contributed by atoms with Crippen LogP contribution in [0.15, 0.2) is 89.8 Å². The van der Waals surface area contributed by atoms with E-state index in [1.807, 2.05) is 55.6 Å². The highest BCUT2D eigenvalue weighted by atomic mass is 32.2. The maximum Gasteiger partial charge on any atom is 0.267 e. The summed E-state index contributed by atoms with van der Waals surface area (Å²) in [5.74, 6) is 0.733. The van der Waals surface area contributed by atoms with Crippen LogP contribution in [0.2, 0.25) is 0 Å². The summed E-state index contributed by atoms with van der Waals surface area (Å²) in [5, 5.41) is 0. The van der Waals surface area contributed by atoms with Gasteiger partial charge in [-0.25, -0.2) is 8.42 Å². The zero-order chi connectivity index (χ0) is 33.9. The summed E-state index contributed by atoms with van der Waals surface area (Å²) < 4.78 is 40.5. The van der Waals surface area contributed by atoms with Crippen molar-refractivity contribution in [2.45, 2.75) is 36.6 Å². The van der Waals surface area contributed by atoms with Crippen LogP contribution in [0.3, 0.4) is 0 Å². The molecule has 0 bridgehead atoms. The van der Waals surface area contributed by atoms with E-state index in [1.165, 1.54) is 23.4 Å². The third-order valence-corrected chi connectivity index (χ3v) is 10.6. The van der Waals surface area contributed by atoms with Crippen molar-refractivity contribution in [3.05, 3.63) is 107 Å². The average Bonchev–Trinajstić information content (AvgIpc) is 3.09. The topological polar surface area (TPSA) is 96.5 Å². The first kappa shape index (κ1) is 33.5. The number of nitrogens with zero attached hydrogens (tertiary/aromatic N) is 3. The number of aryl methyl sites for hydroxylation is 1. The van der Waals surface area contributed by atoms with Crippen LogP contribution >= 0.6 is 0 Å². The number of fused-ring (bicyclic) bond motifs is 1. The molecule has 10 heteroatoms. The van der Waals surface area contributed by atoms with Gasteiger partial charge in [-0.1, -0.05) is 36.4 Å². The molecule has 1 atom stereocenters. The van der Waals surface area contributed by atoms with Crippen LogP contribution < -0.4 is 13.8 Å². The van der Waals surface area contributed by atoms with Gasteiger partial charge in [0.15, 0.2) is 0 Å². The number of hydrogen-bond donors (Lipinski definition) is 0. The Morgan fingerprint density at radius 3 is 2.30 bits per heavy atom. The van der Waals surface area contributed by atoms with Crippen molar-refractivity contribution in [1.29, 1.82) is 0 Å². The highest BCUT2D eigenvalue weighted by Crippen LogP contribution is 2.38. The molecule has 0 saturated heterocycles. The molecule has 0 saturated carbocycles. The summed E-state index contributed by atoms with van der Waals surface area (Å²) in [6, 6.07) is 25.0. The zero-order valence-corrected chi connectivity index (χ0v) is 28.5. The zero-order valence-electron chi connectivity index (χ0n) is 27.7. The average molecular weight is 656 g/mol. The van der Waals surface area contributed by atoms with E-state index >= 15 is 0 Å². The van der Waals surface area contributed by atoms with Gasteiger partial charge in [0.05, 0.1) is 32.4 Å². The van der Waals surface area contributed by atoms with E-state index in [1.54, 1.807) is 62.5 Å². The number of anilines is 1. The molecule has 2 amide bonds. The molecule has 0 heterocycles. The van der Waals surface area contributed by atoms with Crippen molar-refractivity contribution in [2.75, 3.05) is 46.7 Å². The number of carbonyl (C=O) groups excluding carboxylic acids is 2. The van der Waals surface area contributed by atoms with Crippen LogP contribution in [-0.4, -0.2) is 72.4 Å². The Balaban J connectivity index is 1.45. The van der Waals surface area contributed by atoms with Crippen LogP contribution in [0.1, 0.15) is 45.9 Å². The number of likely N-dealkylation sites (N-methyl/N-ethyl adjacent to an activating group) is 1. The summed E-state index contributed by atoms with van der Waals surface area (Å²) in [5.41, 5.74) is 5.23. The van der Waals surface area contributed by atoms with Crippen molar-refractivity contribution >= 4 is 27.5 Å². The molecule has 4 aromatic carbocycles. The number of hydrogen-bond acceptors (Lipinski definition) is 6. The second kappa shape index (κ2) is 13.9. The summed E-state index contributed by atoms with van der Waals surface area (Å²) in [6.07, 6.45) is 2.79. The fourth-order valence-corrected chi connectivity index (χ4v) is 7.42. The fraction of sp³-hybridized carbons (Fsp3) is 0.297. The molecule has 0 radical (unpaired) electrons. The molecule has 1 unspecified atom stereocenters. The second-order valence-corrected chi connectivity index (χ2v) is 13.9. The molecule has 0 N–H and O–H groups in total. The van der Waals surface area contributed by atoms with E-state index in [2.05, 4.69) is 0 Å². The largest absolute Gasteiger partial charge is 0.497 e. The van der Waals surface area contributed by atoms with Gasteiger partial charge in [-0.15, -0.1) is 0 Å². The first-order valence-electron chi connectivity index (χ1n) is 15.4. The minimum Gasteiger partial charge on any atom is -0.497 e. The van der Waals surface area contributed by atoms with Crippen molar-refractivity contribution < 1.29 is 27.5 Å². The highest BCUT2D eigenvalue weighted by molar-refractivity contribution is 7.93. The van der Waals surface area contributed by atoms with Crippen LogP contribution in [0.25, 0.3) is 11.1 Å². The Morgan fingerprint density at radius 1 is 0.830 bits per heavy atom. The molecule has 0 aliphatic heterocycles. The minimum absolute atomic E-state index is 0.00388. The Morgan fingerprint density at radius 2 is 1.57 bits per heavy atom. The van der Waals surface area contributed by atoms with Crippen molar-refractivity contribution in [2.24, 2.45) is 0 Å². The molecule has 47 heavy (non-hydrogen) atoms. The van der Waals surface area contributed by atoms with Gasteiger partial charge >= 0.3 is 0 Å². The predicted octanol–water partition coefficient (Wildman–Crippen LogP) is 5.98. The quantitative estimate of drug-likeness (QED) is 0.209. The van der Waals surface area contributed by atoms with Crippen LogP contribution in [0.5, 0.6) is 11.5 Å². The van der Waals surface area contributed by atoms with Gasteiger partial charge in [-0.3, -0.25) is 13.9 Å². The second-order valence-electron chi connectivity index (χ2n) is 11.9. The maximum atomic E-state index is 14.2. The smallest absolute Gasteiger partial charge is 0.267 e. The van der Waals surface area contributed by atoms with Crippen molar-refractivity contribution in [1.82, 2.24) is 9.80 Å². The molecule has 0 spiro atoms. The lowest BCUT2D eigenvalue weighted by Crippen LogP contribution is -2.34. The molecule has 1 aliphatic rings. The Bertz CT molecular complexity index is 1910. The van der Waals surface area contributed by atoms with Crippen LogP contribution in [0.4, 0.5) is 5.69 Å². The van der Waals surface area contributed by atoms with E-state index < -0.39 is 10.0 Å². The molecule has 4 aromatic rings. The van der Waals surface area contributed by atoms with E-state index in [9.17, 15) is 18.0 Å². The number of sulfonamides is 1. The maximum absolute atomic E-state index is 14.2. The highest BCUT2D eigenvalue weighted by Gasteiger charge is 2.30. The Hall–Kier alpha value is -4.83. The minimum atomic E-state index is -4.09. The normalized spacial score (nSPS) is 14.1. The molecular weight excluding hydrogens is 614 g/mol. The lowest BCUT2D eigenvalue weighted by atomic mass is 9.86. The molecular formula is C37H41N3O6S. The first-order valence-corrected chi connectivity index (χ1v) is 16.9. The van der Waals surface area contributed by atoms with Crippen molar-refractivity contribution in [3.8, 4) is 22.6 Å². The van der Waals surface area contributed by atoms with Gasteiger partial charge in [0.2, 0.25) is 5.91 Å².